The maximum absolute atomic E-state index is 13.2. The number of hydrogen-bond donors (Lipinski definition) is 1. The van der Waals surface area contributed by atoms with E-state index in [1.807, 2.05) is 30.3 Å². The molecule has 33 heavy (non-hydrogen) atoms. The highest BCUT2D eigenvalue weighted by atomic mass is 16.5. The molecule has 0 aliphatic heterocycles. The maximum atomic E-state index is 13.2. The number of tetrazole rings is 1. The summed E-state index contributed by atoms with van der Waals surface area (Å²) in [6, 6.07) is 16.3. The molecule has 0 aliphatic carbocycles. The molecule has 1 aromatic carbocycles. The second kappa shape index (κ2) is 9.06. The average Bonchev–Trinajstić information content (AvgIpc) is 3.64. The average molecular weight is 440 g/mol. The number of benzene rings is 1. The molecular weight excluding hydrogens is 424 g/mol. The second-order valence-electron chi connectivity index (χ2n) is 6.76. The topological polar surface area (TPSA) is 138 Å². The lowest BCUT2D eigenvalue weighted by Gasteiger charge is -2.09. The Morgan fingerprint density at radius 3 is 2.67 bits per heavy atom. The fourth-order valence-electron chi connectivity index (χ4n) is 3.04. The van der Waals surface area contributed by atoms with E-state index >= 15 is 0 Å². The zero-order chi connectivity index (χ0) is 22.5. The molecule has 11 nitrogen and oxygen atoms in total. The number of aromatic nitrogens is 7. The molecule has 11 heteroatoms. The van der Waals surface area contributed by atoms with Crippen molar-refractivity contribution in [3.8, 4) is 22.8 Å². The summed E-state index contributed by atoms with van der Waals surface area (Å²) in [6.45, 7) is 0.00913. The van der Waals surface area contributed by atoms with Crippen LogP contribution in [0.2, 0.25) is 0 Å². The van der Waals surface area contributed by atoms with Crippen LogP contribution >= 0.6 is 0 Å². The van der Waals surface area contributed by atoms with E-state index < -0.39 is 5.91 Å². The van der Waals surface area contributed by atoms with Crippen molar-refractivity contribution >= 4 is 17.7 Å². The quantitative estimate of drug-likeness (QED) is 0.379. The fourth-order valence-corrected chi connectivity index (χ4v) is 3.04. The molecule has 0 unspecified atom stereocenters. The first kappa shape index (κ1) is 20.0. The Kier molecular flexibility index (Phi) is 5.49. The highest BCUT2D eigenvalue weighted by Crippen LogP contribution is 2.21. The van der Waals surface area contributed by atoms with Gasteiger partial charge in [-0.15, -0.1) is 5.10 Å². The highest BCUT2D eigenvalue weighted by Gasteiger charge is 2.20. The van der Waals surface area contributed by atoms with Gasteiger partial charge in [-0.2, -0.15) is 9.67 Å². The van der Waals surface area contributed by atoms with Gasteiger partial charge in [-0.25, -0.2) is 0 Å². The summed E-state index contributed by atoms with van der Waals surface area (Å²) >= 11 is 0. The van der Waals surface area contributed by atoms with Gasteiger partial charge in [-0.3, -0.25) is 9.78 Å². The molecule has 4 aromatic heterocycles. The molecule has 0 aliphatic rings. The molecule has 1 amide bonds. The Bertz CT molecular complexity index is 1380. The van der Waals surface area contributed by atoms with Crippen LogP contribution in [0, 0.1) is 0 Å². The van der Waals surface area contributed by atoms with Crippen LogP contribution in [0.25, 0.3) is 34.5 Å². The van der Waals surface area contributed by atoms with Crippen LogP contribution in [0.1, 0.15) is 11.7 Å². The number of furan rings is 1. The lowest BCUT2D eigenvalue weighted by atomic mass is 10.2. The summed E-state index contributed by atoms with van der Waals surface area (Å²) in [7, 11) is 0. The Hall–Kier alpha value is -4.93. The molecule has 0 saturated carbocycles. The van der Waals surface area contributed by atoms with Crippen molar-refractivity contribution in [3.63, 3.8) is 0 Å². The molecular formula is C22H16N8O3. The predicted molar refractivity (Wildman–Crippen MR) is 116 cm³/mol. The summed E-state index contributed by atoms with van der Waals surface area (Å²) in [5.41, 5.74) is 1.66. The number of amides is 1. The minimum absolute atomic E-state index is 0.00913. The zero-order valence-electron chi connectivity index (χ0n) is 17.1. The van der Waals surface area contributed by atoms with Crippen molar-refractivity contribution < 1.29 is 13.7 Å². The van der Waals surface area contributed by atoms with Gasteiger partial charge in [0.2, 0.25) is 11.7 Å². The molecule has 1 N–H and O–H groups in total. The number of hydrogen-bond acceptors (Lipinski definition) is 9. The van der Waals surface area contributed by atoms with Crippen LogP contribution in [-0.2, 0) is 11.3 Å². The van der Waals surface area contributed by atoms with Gasteiger partial charge in [-0.1, -0.05) is 35.5 Å². The van der Waals surface area contributed by atoms with E-state index in [0.717, 1.165) is 11.1 Å². The van der Waals surface area contributed by atoms with Crippen molar-refractivity contribution in [2.24, 2.45) is 0 Å². The zero-order valence-corrected chi connectivity index (χ0v) is 17.1. The van der Waals surface area contributed by atoms with Gasteiger partial charge in [0.05, 0.1) is 12.8 Å². The third-order valence-electron chi connectivity index (χ3n) is 4.59. The Balaban J connectivity index is 1.40. The Morgan fingerprint density at radius 1 is 1.03 bits per heavy atom. The van der Waals surface area contributed by atoms with Crippen LogP contribution in [0.4, 0.5) is 0 Å². The standard InChI is InChI=1S/C22H16N8O3/c31-22(24-14-19-25-20(27-33-19)15-8-10-23-11-9-15)18(13-17-7-4-12-32-17)30-21(26-28-29-30)16-5-2-1-3-6-16/h1-13H,14H2,(H,24,31)/b18-13-. The third kappa shape index (κ3) is 4.42. The fraction of sp³-hybridized carbons (Fsp3) is 0.0455. The van der Waals surface area contributed by atoms with Gasteiger partial charge >= 0.3 is 0 Å². The van der Waals surface area contributed by atoms with Crippen LogP contribution in [0.5, 0.6) is 0 Å². The normalized spacial score (nSPS) is 11.5. The number of nitrogens with one attached hydrogen (secondary N) is 1. The van der Waals surface area contributed by atoms with E-state index in [2.05, 4.69) is 36.0 Å². The van der Waals surface area contributed by atoms with Crippen LogP contribution in [0.3, 0.4) is 0 Å². The molecule has 0 spiro atoms. The third-order valence-corrected chi connectivity index (χ3v) is 4.59. The maximum Gasteiger partial charge on any atom is 0.270 e. The van der Waals surface area contributed by atoms with Gasteiger partial charge in [-0.05, 0) is 34.7 Å². The monoisotopic (exact) mass is 440 g/mol. The van der Waals surface area contributed by atoms with Crippen LogP contribution < -0.4 is 5.32 Å². The highest BCUT2D eigenvalue weighted by molar-refractivity contribution is 6.18. The van der Waals surface area contributed by atoms with E-state index in [1.165, 1.54) is 10.9 Å². The first-order valence-corrected chi connectivity index (χ1v) is 9.88. The first-order valence-electron chi connectivity index (χ1n) is 9.88. The van der Waals surface area contributed by atoms with E-state index in [-0.39, 0.29) is 18.1 Å². The Morgan fingerprint density at radius 2 is 1.88 bits per heavy atom. The lowest BCUT2D eigenvalue weighted by molar-refractivity contribution is -0.116. The van der Waals surface area contributed by atoms with Crippen LogP contribution in [0.15, 0.2) is 82.2 Å². The predicted octanol–water partition coefficient (Wildman–Crippen LogP) is 2.69. The van der Waals surface area contributed by atoms with Gasteiger partial charge in [0.25, 0.3) is 5.91 Å². The molecule has 162 valence electrons. The SMILES string of the molecule is O=C(NCc1nc(-c2ccncc2)no1)/C(=C/c1ccco1)n1nnnc1-c1ccccc1. The van der Waals surface area contributed by atoms with E-state index in [4.69, 9.17) is 8.94 Å². The smallest absolute Gasteiger partial charge is 0.270 e. The summed E-state index contributed by atoms with van der Waals surface area (Å²) in [4.78, 5) is 21.4. The van der Waals surface area contributed by atoms with Crippen molar-refractivity contribution in [3.05, 3.63) is 84.9 Å². The van der Waals surface area contributed by atoms with Gasteiger partial charge in [0.15, 0.2) is 5.82 Å². The van der Waals surface area contributed by atoms with E-state index in [9.17, 15) is 4.79 Å². The summed E-state index contributed by atoms with van der Waals surface area (Å²) in [5.74, 6) is 1.06. The largest absolute Gasteiger partial charge is 0.465 e. The number of pyridine rings is 1. The van der Waals surface area contributed by atoms with Crippen molar-refractivity contribution in [1.29, 1.82) is 0 Å². The van der Waals surface area contributed by atoms with Crippen LogP contribution in [-0.4, -0.2) is 41.2 Å². The molecule has 0 radical (unpaired) electrons. The summed E-state index contributed by atoms with van der Waals surface area (Å²) in [6.07, 6.45) is 6.33. The molecule has 4 heterocycles. The number of carbonyl (C=O) groups is 1. The molecule has 0 fully saturated rings. The van der Waals surface area contributed by atoms with Gasteiger partial charge < -0.3 is 14.3 Å². The number of carbonyl (C=O) groups excluding carboxylic acids is 1. The molecule has 0 atom stereocenters. The van der Waals surface area contributed by atoms with Crippen molar-refractivity contribution in [2.75, 3.05) is 0 Å². The minimum atomic E-state index is -0.459. The van der Waals surface area contributed by atoms with E-state index in [0.29, 0.717) is 17.4 Å². The van der Waals surface area contributed by atoms with Gasteiger partial charge in [0.1, 0.15) is 11.5 Å². The molecule has 0 saturated heterocycles. The molecule has 5 aromatic rings. The van der Waals surface area contributed by atoms with Gasteiger partial charge in [0, 0.05) is 29.6 Å². The first-order chi connectivity index (χ1) is 16.3. The number of nitrogens with zero attached hydrogens (tertiary/aromatic N) is 7. The summed E-state index contributed by atoms with van der Waals surface area (Å²) < 4.78 is 12.0. The Labute approximate surface area is 186 Å². The minimum Gasteiger partial charge on any atom is -0.465 e. The summed E-state index contributed by atoms with van der Waals surface area (Å²) in [5, 5.41) is 18.6. The lowest BCUT2D eigenvalue weighted by Crippen LogP contribution is -2.27. The van der Waals surface area contributed by atoms with Crippen molar-refractivity contribution in [2.45, 2.75) is 6.54 Å². The molecule has 5 rings (SSSR count). The second-order valence-corrected chi connectivity index (χ2v) is 6.76. The number of rotatable bonds is 7. The van der Waals surface area contributed by atoms with Crippen molar-refractivity contribution in [1.82, 2.24) is 40.6 Å². The molecule has 0 bridgehead atoms. The van der Waals surface area contributed by atoms with E-state index in [1.54, 1.807) is 42.7 Å².